The van der Waals surface area contributed by atoms with Crippen molar-refractivity contribution in [2.75, 3.05) is 26.2 Å². The lowest BCUT2D eigenvalue weighted by Crippen LogP contribution is -2.33. The van der Waals surface area contributed by atoms with Gasteiger partial charge in [-0.2, -0.15) is 0 Å². The molecule has 1 aromatic heterocycles. The van der Waals surface area contributed by atoms with E-state index in [1.807, 2.05) is 53.9 Å². The minimum atomic E-state index is -0.833. The second-order valence-corrected chi connectivity index (χ2v) is 10.3. The molecular weight excluding hydrogens is 510 g/mol. The quantitative estimate of drug-likeness (QED) is 0.251. The molecule has 0 saturated carbocycles. The molecule has 3 aromatic carbocycles. The van der Waals surface area contributed by atoms with Crippen molar-refractivity contribution in [2.24, 2.45) is 0 Å². The summed E-state index contributed by atoms with van der Waals surface area (Å²) in [6, 6.07) is 19.0. The molecule has 6 nitrogen and oxygen atoms in total. The topological polar surface area (TPSA) is 79.2 Å². The number of halogens is 1. The van der Waals surface area contributed by atoms with Crippen LogP contribution in [0.5, 0.6) is 23.0 Å². The second kappa shape index (κ2) is 12.8. The van der Waals surface area contributed by atoms with Crippen LogP contribution in [0.15, 0.2) is 66.0 Å². The number of nitrogens with zero attached hydrogens (tertiary/aromatic N) is 1. The van der Waals surface area contributed by atoms with Crippen molar-refractivity contribution in [3.63, 3.8) is 0 Å². The number of phenolic OH excluding ortho intramolecular Hbond substituents is 1. The monoisotopic (exact) mass is 539 g/mol. The number of carboxylic acids is 1. The van der Waals surface area contributed by atoms with Crippen LogP contribution in [0.4, 0.5) is 0 Å². The molecule has 1 aliphatic heterocycles. The van der Waals surface area contributed by atoms with Gasteiger partial charge in [-0.3, -0.25) is 9.69 Å². The van der Waals surface area contributed by atoms with E-state index in [9.17, 15) is 5.11 Å². The van der Waals surface area contributed by atoms with Gasteiger partial charge in [0, 0.05) is 30.0 Å². The largest absolute Gasteiger partial charge is 0.508 e. The number of rotatable bonds is 7. The maximum atomic E-state index is 9.92. The Morgan fingerprint density at radius 1 is 0.973 bits per heavy atom. The number of aliphatic carboxylic acids is 1. The van der Waals surface area contributed by atoms with Crippen LogP contribution < -0.4 is 9.47 Å². The maximum absolute atomic E-state index is 9.92. The van der Waals surface area contributed by atoms with Crippen LogP contribution in [0.2, 0.25) is 4.34 Å². The zero-order chi connectivity index (χ0) is 26.2. The lowest BCUT2D eigenvalue weighted by atomic mass is 10.0. The van der Waals surface area contributed by atoms with Gasteiger partial charge >= 0.3 is 0 Å². The molecule has 2 heterocycles. The fraction of sp³-hybridized carbons (Fsp3) is 0.276. The highest BCUT2D eigenvalue weighted by Gasteiger charge is 2.16. The minimum absolute atomic E-state index is 0.223. The molecule has 4 aromatic rings. The molecule has 2 N–H and O–H groups in total. The van der Waals surface area contributed by atoms with E-state index in [0.29, 0.717) is 18.1 Å². The van der Waals surface area contributed by atoms with Crippen molar-refractivity contribution in [1.82, 2.24) is 4.90 Å². The predicted molar refractivity (Wildman–Crippen MR) is 150 cm³/mol. The van der Waals surface area contributed by atoms with Gasteiger partial charge in [0.25, 0.3) is 5.97 Å². The van der Waals surface area contributed by atoms with E-state index >= 15 is 0 Å². The molecule has 1 aliphatic rings. The van der Waals surface area contributed by atoms with E-state index in [1.54, 1.807) is 12.1 Å². The van der Waals surface area contributed by atoms with Crippen molar-refractivity contribution in [2.45, 2.75) is 26.2 Å². The van der Waals surface area contributed by atoms with E-state index in [1.165, 1.54) is 43.7 Å². The molecule has 0 atom stereocenters. The number of likely N-dealkylation sites (tertiary alicyclic amines) is 1. The summed E-state index contributed by atoms with van der Waals surface area (Å²) < 4.78 is 13.1. The zero-order valence-corrected chi connectivity index (χ0v) is 22.2. The summed E-state index contributed by atoms with van der Waals surface area (Å²) in [7, 11) is 0. The molecule has 1 fully saturated rings. The number of hydrogen-bond donors (Lipinski definition) is 2. The Kier molecular flexibility index (Phi) is 9.28. The molecule has 0 aliphatic carbocycles. The molecule has 0 unspecified atom stereocenters. The standard InChI is InChI=1S/C27H26ClNO3S.C2H4O2/c28-27-25(12-17-33-27)24-10-4-19-18-20(30)5-11-23(19)26(24)32-22-8-6-21(7-9-22)31-16-15-29-13-2-1-3-14-29;1-2(3)4/h4-12,17-18,30H,1-3,13-16H2;1H3,(H,3,4). The van der Waals surface area contributed by atoms with Crippen molar-refractivity contribution in [3.05, 3.63) is 70.4 Å². The van der Waals surface area contributed by atoms with Gasteiger partial charge in [0.05, 0.1) is 0 Å². The van der Waals surface area contributed by atoms with E-state index in [-0.39, 0.29) is 5.75 Å². The Labute approximate surface area is 225 Å². The lowest BCUT2D eigenvalue weighted by Gasteiger charge is -2.26. The number of carbonyl (C=O) groups is 1. The average Bonchev–Trinajstić information content (AvgIpc) is 3.31. The van der Waals surface area contributed by atoms with Gasteiger partial charge in [-0.1, -0.05) is 24.1 Å². The molecule has 8 heteroatoms. The summed E-state index contributed by atoms with van der Waals surface area (Å²) in [4.78, 5) is 11.5. The van der Waals surface area contributed by atoms with Gasteiger partial charge < -0.3 is 19.7 Å². The highest BCUT2D eigenvalue weighted by Crippen LogP contribution is 2.44. The Morgan fingerprint density at radius 2 is 1.68 bits per heavy atom. The first-order chi connectivity index (χ1) is 17.9. The normalized spacial score (nSPS) is 13.6. The summed E-state index contributed by atoms with van der Waals surface area (Å²) in [5, 5.41) is 21.1. The minimum Gasteiger partial charge on any atom is -0.508 e. The van der Waals surface area contributed by atoms with E-state index in [4.69, 9.17) is 31.0 Å². The third kappa shape index (κ3) is 7.38. The molecule has 1 saturated heterocycles. The van der Waals surface area contributed by atoms with Crippen LogP contribution in [-0.2, 0) is 4.79 Å². The number of benzene rings is 3. The molecule has 37 heavy (non-hydrogen) atoms. The van der Waals surface area contributed by atoms with Crippen LogP contribution in [0, 0.1) is 0 Å². The summed E-state index contributed by atoms with van der Waals surface area (Å²) in [5.74, 6) is 1.65. The van der Waals surface area contributed by atoms with Crippen LogP contribution in [0.25, 0.3) is 21.9 Å². The van der Waals surface area contributed by atoms with Gasteiger partial charge in [0.2, 0.25) is 0 Å². The number of phenols is 1. The fourth-order valence-electron chi connectivity index (χ4n) is 4.29. The molecule has 194 valence electrons. The Hall–Kier alpha value is -3.26. The summed E-state index contributed by atoms with van der Waals surface area (Å²) in [5.41, 5.74) is 1.85. The molecule has 0 bridgehead atoms. The number of hydrogen-bond acceptors (Lipinski definition) is 6. The number of piperidine rings is 1. The second-order valence-electron chi connectivity index (χ2n) is 8.80. The predicted octanol–water partition coefficient (Wildman–Crippen LogP) is 7.68. The third-order valence-corrected chi connectivity index (χ3v) is 7.20. The molecule has 0 radical (unpaired) electrons. The van der Waals surface area contributed by atoms with Crippen molar-refractivity contribution in [3.8, 4) is 34.1 Å². The molecule has 0 spiro atoms. The Balaban J connectivity index is 0.000000747. The lowest BCUT2D eigenvalue weighted by molar-refractivity contribution is -0.134. The first-order valence-corrected chi connectivity index (χ1v) is 13.5. The van der Waals surface area contributed by atoms with E-state index in [0.717, 1.165) is 45.5 Å². The maximum Gasteiger partial charge on any atom is 0.300 e. The van der Waals surface area contributed by atoms with Gasteiger partial charge in [-0.05, 0) is 91.3 Å². The van der Waals surface area contributed by atoms with Gasteiger partial charge in [-0.15, -0.1) is 11.3 Å². The molecular formula is C29H30ClNO5S. The van der Waals surface area contributed by atoms with Crippen LogP contribution in [-0.4, -0.2) is 47.3 Å². The summed E-state index contributed by atoms with van der Waals surface area (Å²) >= 11 is 7.95. The number of thiophene rings is 1. The van der Waals surface area contributed by atoms with Crippen molar-refractivity contribution in [1.29, 1.82) is 0 Å². The zero-order valence-electron chi connectivity index (χ0n) is 20.7. The first-order valence-electron chi connectivity index (χ1n) is 12.2. The fourth-order valence-corrected chi connectivity index (χ4v) is 5.24. The average molecular weight is 540 g/mol. The number of ether oxygens (including phenoxy) is 2. The highest BCUT2D eigenvalue weighted by atomic mass is 35.5. The number of fused-ring (bicyclic) bond motifs is 1. The highest BCUT2D eigenvalue weighted by molar-refractivity contribution is 7.15. The van der Waals surface area contributed by atoms with Crippen LogP contribution >= 0.6 is 22.9 Å². The van der Waals surface area contributed by atoms with Gasteiger partial charge in [0.1, 0.15) is 33.9 Å². The third-order valence-electron chi connectivity index (χ3n) is 6.03. The summed E-state index contributed by atoms with van der Waals surface area (Å²) in [6.07, 6.45) is 3.92. The van der Waals surface area contributed by atoms with Crippen molar-refractivity contribution >= 4 is 39.7 Å². The Bertz CT molecular complexity index is 1330. The van der Waals surface area contributed by atoms with Gasteiger partial charge in [-0.25, -0.2) is 0 Å². The molecule has 0 amide bonds. The van der Waals surface area contributed by atoms with E-state index in [2.05, 4.69) is 4.90 Å². The van der Waals surface area contributed by atoms with Crippen LogP contribution in [0.3, 0.4) is 0 Å². The van der Waals surface area contributed by atoms with Crippen LogP contribution in [0.1, 0.15) is 26.2 Å². The van der Waals surface area contributed by atoms with Gasteiger partial charge in [0.15, 0.2) is 0 Å². The SMILES string of the molecule is CC(=O)O.Oc1ccc2c(Oc3ccc(OCCN4CCCCC4)cc3)c(-c3ccsc3Cl)ccc2c1. The molecule has 5 rings (SSSR count). The van der Waals surface area contributed by atoms with E-state index < -0.39 is 5.97 Å². The first kappa shape index (κ1) is 26.8. The summed E-state index contributed by atoms with van der Waals surface area (Å²) in [6.45, 7) is 5.09. The Morgan fingerprint density at radius 3 is 2.35 bits per heavy atom. The smallest absolute Gasteiger partial charge is 0.300 e. The number of carboxylic acid groups (broad SMARTS) is 1. The van der Waals surface area contributed by atoms with Crippen molar-refractivity contribution < 1.29 is 24.5 Å². The number of aromatic hydroxyl groups is 1.